The first-order chi connectivity index (χ1) is 6.02. The minimum atomic E-state index is -0.214. The fourth-order valence-electron chi connectivity index (χ4n) is 1.24. The van der Waals surface area contributed by atoms with Gasteiger partial charge in [0.15, 0.2) is 0 Å². The van der Waals surface area contributed by atoms with Crippen LogP contribution in [-0.4, -0.2) is 14.1 Å². The molecule has 0 atom stereocenters. The number of nitrogens with zero attached hydrogens (tertiary/aromatic N) is 1. The van der Waals surface area contributed by atoms with E-state index in [1.807, 2.05) is 25.9 Å². The quantitative estimate of drug-likeness (QED) is 0.674. The first kappa shape index (κ1) is 9.78. The van der Waals surface area contributed by atoms with E-state index in [0.717, 1.165) is 16.8 Å². The lowest BCUT2D eigenvalue weighted by atomic mass is 10.1. The van der Waals surface area contributed by atoms with Gasteiger partial charge in [-0.15, -0.1) is 0 Å². The van der Waals surface area contributed by atoms with Gasteiger partial charge in [0.25, 0.3) is 0 Å². The molecule has 1 aromatic carbocycles. The molecule has 0 aromatic heterocycles. The highest BCUT2D eigenvalue weighted by Crippen LogP contribution is 2.25. The SMILES string of the molecule is C=C(C)c1ccc(F)cc1N(C)C. The molecule has 0 aliphatic heterocycles. The minimum absolute atomic E-state index is 0.214. The van der Waals surface area contributed by atoms with Crippen LogP contribution >= 0.6 is 0 Å². The molecule has 0 saturated heterocycles. The Balaban J connectivity index is 3.26. The normalized spacial score (nSPS) is 9.85. The van der Waals surface area contributed by atoms with Crippen LogP contribution in [0.2, 0.25) is 0 Å². The van der Waals surface area contributed by atoms with Gasteiger partial charge in [0, 0.05) is 25.3 Å². The van der Waals surface area contributed by atoms with E-state index in [-0.39, 0.29) is 5.82 Å². The molecule has 0 spiro atoms. The molecule has 0 radical (unpaired) electrons. The Bertz CT molecular complexity index is 329. The second kappa shape index (κ2) is 3.60. The van der Waals surface area contributed by atoms with Crippen LogP contribution in [0.5, 0.6) is 0 Å². The van der Waals surface area contributed by atoms with Crippen LogP contribution in [0.25, 0.3) is 5.57 Å². The molecular weight excluding hydrogens is 165 g/mol. The van der Waals surface area contributed by atoms with E-state index >= 15 is 0 Å². The Kier molecular flexibility index (Phi) is 2.71. The van der Waals surface area contributed by atoms with Gasteiger partial charge in [0.1, 0.15) is 5.82 Å². The zero-order valence-corrected chi connectivity index (χ0v) is 8.26. The van der Waals surface area contributed by atoms with Crippen LogP contribution in [-0.2, 0) is 0 Å². The van der Waals surface area contributed by atoms with Crippen LogP contribution in [0.3, 0.4) is 0 Å². The summed E-state index contributed by atoms with van der Waals surface area (Å²) < 4.78 is 12.9. The van der Waals surface area contributed by atoms with Gasteiger partial charge in [0.2, 0.25) is 0 Å². The molecule has 1 rings (SSSR count). The predicted molar refractivity (Wildman–Crippen MR) is 55.4 cm³/mol. The van der Waals surface area contributed by atoms with Gasteiger partial charge in [-0.1, -0.05) is 6.58 Å². The van der Waals surface area contributed by atoms with Gasteiger partial charge in [-0.05, 0) is 30.7 Å². The van der Waals surface area contributed by atoms with Gasteiger partial charge >= 0.3 is 0 Å². The molecule has 2 heteroatoms. The average Bonchev–Trinajstić information content (AvgIpc) is 2.03. The van der Waals surface area contributed by atoms with E-state index < -0.39 is 0 Å². The van der Waals surface area contributed by atoms with E-state index in [4.69, 9.17) is 0 Å². The average molecular weight is 179 g/mol. The summed E-state index contributed by atoms with van der Waals surface area (Å²) in [4.78, 5) is 1.88. The van der Waals surface area contributed by atoms with E-state index in [1.54, 1.807) is 6.07 Å². The lowest BCUT2D eigenvalue weighted by Crippen LogP contribution is -2.11. The molecule has 0 heterocycles. The fraction of sp³-hybridized carbons (Fsp3) is 0.273. The predicted octanol–water partition coefficient (Wildman–Crippen LogP) is 2.92. The third-order valence-electron chi connectivity index (χ3n) is 1.90. The molecule has 0 amide bonds. The lowest BCUT2D eigenvalue weighted by molar-refractivity contribution is 0.627. The van der Waals surface area contributed by atoms with Crippen molar-refractivity contribution in [3.63, 3.8) is 0 Å². The Morgan fingerprint density at radius 1 is 1.38 bits per heavy atom. The van der Waals surface area contributed by atoms with Crippen LogP contribution in [0, 0.1) is 5.82 Å². The van der Waals surface area contributed by atoms with Gasteiger partial charge in [0.05, 0.1) is 0 Å². The highest BCUT2D eigenvalue weighted by molar-refractivity contribution is 5.74. The molecule has 0 saturated carbocycles. The molecule has 0 aliphatic carbocycles. The van der Waals surface area contributed by atoms with Crippen molar-refractivity contribution >= 4 is 11.3 Å². The highest BCUT2D eigenvalue weighted by atomic mass is 19.1. The maximum atomic E-state index is 12.9. The third kappa shape index (κ3) is 2.08. The van der Waals surface area contributed by atoms with Crippen LogP contribution < -0.4 is 4.90 Å². The molecule has 0 unspecified atom stereocenters. The summed E-state index contributed by atoms with van der Waals surface area (Å²) in [6, 6.07) is 4.73. The number of hydrogen-bond donors (Lipinski definition) is 0. The zero-order valence-electron chi connectivity index (χ0n) is 8.26. The van der Waals surface area contributed by atoms with Crippen LogP contribution in [0.1, 0.15) is 12.5 Å². The Morgan fingerprint density at radius 2 is 2.00 bits per heavy atom. The minimum Gasteiger partial charge on any atom is -0.377 e. The standard InChI is InChI=1S/C11H14FN/c1-8(2)10-6-5-9(12)7-11(10)13(3)4/h5-7H,1H2,2-4H3. The summed E-state index contributed by atoms with van der Waals surface area (Å²) in [7, 11) is 3.78. The molecule has 0 bridgehead atoms. The highest BCUT2D eigenvalue weighted by Gasteiger charge is 2.05. The van der Waals surface area contributed by atoms with E-state index in [2.05, 4.69) is 6.58 Å². The number of halogens is 1. The van der Waals surface area contributed by atoms with Crippen molar-refractivity contribution in [1.82, 2.24) is 0 Å². The molecule has 0 fully saturated rings. The van der Waals surface area contributed by atoms with Crippen molar-refractivity contribution in [2.75, 3.05) is 19.0 Å². The van der Waals surface area contributed by atoms with Gasteiger partial charge in [-0.2, -0.15) is 0 Å². The summed E-state index contributed by atoms with van der Waals surface area (Å²) in [6.07, 6.45) is 0. The second-order valence-electron chi connectivity index (χ2n) is 3.34. The first-order valence-corrected chi connectivity index (χ1v) is 4.15. The van der Waals surface area contributed by atoms with E-state index in [9.17, 15) is 4.39 Å². The maximum Gasteiger partial charge on any atom is 0.125 e. The molecule has 1 nitrogen and oxygen atoms in total. The van der Waals surface area contributed by atoms with Gasteiger partial charge in [-0.3, -0.25) is 0 Å². The largest absolute Gasteiger partial charge is 0.377 e. The van der Waals surface area contributed by atoms with Crippen LogP contribution in [0.4, 0.5) is 10.1 Å². The monoisotopic (exact) mass is 179 g/mol. The molecule has 0 aliphatic rings. The topological polar surface area (TPSA) is 3.24 Å². The summed E-state index contributed by atoms with van der Waals surface area (Å²) in [5, 5.41) is 0. The van der Waals surface area contributed by atoms with Crippen molar-refractivity contribution in [3.8, 4) is 0 Å². The van der Waals surface area contributed by atoms with Crippen molar-refractivity contribution in [2.45, 2.75) is 6.92 Å². The van der Waals surface area contributed by atoms with Crippen molar-refractivity contribution in [2.24, 2.45) is 0 Å². The van der Waals surface area contributed by atoms with Crippen LogP contribution in [0.15, 0.2) is 24.8 Å². The number of hydrogen-bond acceptors (Lipinski definition) is 1. The first-order valence-electron chi connectivity index (χ1n) is 4.15. The maximum absolute atomic E-state index is 12.9. The van der Waals surface area contributed by atoms with Crippen molar-refractivity contribution < 1.29 is 4.39 Å². The van der Waals surface area contributed by atoms with E-state index in [1.165, 1.54) is 12.1 Å². The number of anilines is 1. The molecule has 1 aromatic rings. The zero-order chi connectivity index (χ0) is 10.0. The number of allylic oxidation sites excluding steroid dienone is 1. The Morgan fingerprint density at radius 3 is 2.46 bits per heavy atom. The molecule has 70 valence electrons. The number of benzene rings is 1. The molecular formula is C11H14FN. The molecule has 0 N–H and O–H groups in total. The summed E-state index contributed by atoms with van der Waals surface area (Å²) in [5.41, 5.74) is 2.81. The summed E-state index contributed by atoms with van der Waals surface area (Å²) in [6.45, 7) is 5.77. The van der Waals surface area contributed by atoms with E-state index in [0.29, 0.717) is 0 Å². The molecule has 13 heavy (non-hydrogen) atoms. The summed E-state index contributed by atoms with van der Waals surface area (Å²) in [5.74, 6) is -0.214. The van der Waals surface area contributed by atoms with Crippen molar-refractivity contribution in [1.29, 1.82) is 0 Å². The number of rotatable bonds is 2. The fourth-order valence-corrected chi connectivity index (χ4v) is 1.24. The summed E-state index contributed by atoms with van der Waals surface area (Å²) >= 11 is 0. The Labute approximate surface area is 78.5 Å². The second-order valence-corrected chi connectivity index (χ2v) is 3.34. The van der Waals surface area contributed by atoms with Gasteiger partial charge in [-0.25, -0.2) is 4.39 Å². The Hall–Kier alpha value is -1.31. The van der Waals surface area contributed by atoms with Crippen molar-refractivity contribution in [3.05, 3.63) is 36.2 Å². The lowest BCUT2D eigenvalue weighted by Gasteiger charge is -2.17. The third-order valence-corrected chi connectivity index (χ3v) is 1.90. The smallest absolute Gasteiger partial charge is 0.125 e. The van der Waals surface area contributed by atoms with Gasteiger partial charge < -0.3 is 4.90 Å².